The van der Waals surface area contributed by atoms with Crippen LogP contribution in [0.3, 0.4) is 0 Å². The zero-order valence-electron chi connectivity index (χ0n) is 10.7. The average Bonchev–Trinajstić information content (AvgIpc) is 2.41. The maximum atomic E-state index is 11.9. The minimum atomic E-state index is 0.00778. The number of carbonyl (C=O) groups excluding carboxylic acids is 1. The molecule has 0 bridgehead atoms. The first kappa shape index (κ1) is 13.7. The predicted octanol–water partition coefficient (Wildman–Crippen LogP) is 3.72. The molecule has 98 valence electrons. The molecule has 3 nitrogen and oxygen atoms in total. The lowest BCUT2D eigenvalue weighted by atomic mass is 10.1. The maximum absolute atomic E-state index is 11.9. The fraction of sp³-hybridized carbons (Fsp3) is 0.200. The third-order valence-electron chi connectivity index (χ3n) is 2.76. The van der Waals surface area contributed by atoms with Crippen LogP contribution >= 0.6 is 15.9 Å². The van der Waals surface area contributed by atoms with Crippen LogP contribution in [0, 0.1) is 6.92 Å². The van der Waals surface area contributed by atoms with E-state index >= 15 is 0 Å². The number of carbonyl (C=O) groups is 1. The summed E-state index contributed by atoms with van der Waals surface area (Å²) in [6.07, 6.45) is 4.66. The summed E-state index contributed by atoms with van der Waals surface area (Å²) in [6.45, 7) is 2.01. The van der Waals surface area contributed by atoms with Crippen molar-refractivity contribution in [1.29, 1.82) is 0 Å². The van der Waals surface area contributed by atoms with E-state index in [2.05, 4.69) is 26.2 Å². The Morgan fingerprint density at radius 3 is 2.89 bits per heavy atom. The lowest BCUT2D eigenvalue weighted by molar-refractivity contribution is -0.116. The molecule has 4 heteroatoms. The molecule has 2 rings (SSSR count). The fourth-order valence-electron chi connectivity index (χ4n) is 1.74. The number of rotatable bonds is 4. The van der Waals surface area contributed by atoms with Gasteiger partial charge in [0.25, 0.3) is 0 Å². The first-order valence-corrected chi connectivity index (χ1v) is 6.89. The van der Waals surface area contributed by atoms with Crippen molar-refractivity contribution in [2.75, 3.05) is 5.32 Å². The number of amides is 1. The number of pyridine rings is 1. The van der Waals surface area contributed by atoms with Crippen molar-refractivity contribution in [3.05, 3.63) is 58.3 Å². The van der Waals surface area contributed by atoms with Crippen LogP contribution in [-0.2, 0) is 11.2 Å². The molecule has 2 aromatic rings. The van der Waals surface area contributed by atoms with Gasteiger partial charge in [-0.05, 0) is 58.6 Å². The SMILES string of the molecule is Cc1ccc(NC(=O)CCc2cccnc2)c(Br)c1. The summed E-state index contributed by atoms with van der Waals surface area (Å²) in [4.78, 5) is 15.9. The van der Waals surface area contributed by atoms with Gasteiger partial charge in [0.1, 0.15) is 0 Å². The highest BCUT2D eigenvalue weighted by molar-refractivity contribution is 9.10. The highest BCUT2D eigenvalue weighted by atomic mass is 79.9. The van der Waals surface area contributed by atoms with E-state index in [1.165, 1.54) is 0 Å². The Morgan fingerprint density at radius 2 is 2.21 bits per heavy atom. The van der Waals surface area contributed by atoms with E-state index in [-0.39, 0.29) is 5.91 Å². The molecule has 19 heavy (non-hydrogen) atoms. The van der Waals surface area contributed by atoms with Gasteiger partial charge in [0, 0.05) is 23.3 Å². The summed E-state index contributed by atoms with van der Waals surface area (Å²) in [7, 11) is 0. The molecule has 1 heterocycles. The summed E-state index contributed by atoms with van der Waals surface area (Å²) < 4.78 is 0.905. The Morgan fingerprint density at radius 1 is 1.37 bits per heavy atom. The third kappa shape index (κ3) is 4.17. The summed E-state index contributed by atoms with van der Waals surface area (Å²) in [6, 6.07) is 9.71. The molecule has 1 N–H and O–H groups in total. The molecular formula is C15H15BrN2O. The van der Waals surface area contributed by atoms with E-state index in [4.69, 9.17) is 0 Å². The van der Waals surface area contributed by atoms with Crippen LogP contribution in [0.15, 0.2) is 47.2 Å². The second-order valence-corrected chi connectivity index (χ2v) is 5.25. The molecule has 0 aliphatic rings. The monoisotopic (exact) mass is 318 g/mol. The second kappa shape index (κ2) is 6.48. The average molecular weight is 319 g/mol. The standard InChI is InChI=1S/C15H15BrN2O/c1-11-4-6-14(13(16)9-11)18-15(19)7-5-12-3-2-8-17-10-12/h2-4,6,8-10H,5,7H2,1H3,(H,18,19). The summed E-state index contributed by atoms with van der Waals surface area (Å²) >= 11 is 3.45. The van der Waals surface area contributed by atoms with E-state index in [0.717, 1.165) is 21.3 Å². The lowest BCUT2D eigenvalue weighted by Gasteiger charge is -2.08. The highest BCUT2D eigenvalue weighted by Crippen LogP contribution is 2.23. The third-order valence-corrected chi connectivity index (χ3v) is 3.42. The molecule has 0 aliphatic heterocycles. The summed E-state index contributed by atoms with van der Waals surface area (Å²) in [5, 5.41) is 2.90. The Kier molecular flexibility index (Phi) is 4.68. The number of nitrogens with zero attached hydrogens (tertiary/aromatic N) is 1. The van der Waals surface area contributed by atoms with Crippen molar-refractivity contribution in [3.63, 3.8) is 0 Å². The quantitative estimate of drug-likeness (QED) is 0.933. The van der Waals surface area contributed by atoms with Crippen LogP contribution in [0.4, 0.5) is 5.69 Å². The maximum Gasteiger partial charge on any atom is 0.224 e. The van der Waals surface area contributed by atoms with Gasteiger partial charge in [-0.3, -0.25) is 9.78 Å². The predicted molar refractivity (Wildman–Crippen MR) is 80.1 cm³/mol. The Bertz CT molecular complexity index is 570. The van der Waals surface area contributed by atoms with Crippen molar-refractivity contribution in [1.82, 2.24) is 4.98 Å². The van der Waals surface area contributed by atoms with Gasteiger partial charge in [0.05, 0.1) is 5.69 Å². The smallest absolute Gasteiger partial charge is 0.224 e. The minimum absolute atomic E-state index is 0.00778. The van der Waals surface area contributed by atoms with Gasteiger partial charge in [-0.2, -0.15) is 0 Å². The van der Waals surface area contributed by atoms with Gasteiger partial charge in [-0.25, -0.2) is 0 Å². The van der Waals surface area contributed by atoms with Crippen LogP contribution in [0.25, 0.3) is 0 Å². The normalized spacial score (nSPS) is 10.2. The fourth-order valence-corrected chi connectivity index (χ4v) is 2.33. The topological polar surface area (TPSA) is 42.0 Å². The molecule has 0 saturated carbocycles. The summed E-state index contributed by atoms with van der Waals surface area (Å²) in [5.41, 5.74) is 3.03. The number of halogens is 1. The molecule has 0 unspecified atom stereocenters. The van der Waals surface area contributed by atoms with Gasteiger partial charge >= 0.3 is 0 Å². The molecule has 0 atom stereocenters. The molecule has 0 fully saturated rings. The van der Waals surface area contributed by atoms with Crippen molar-refractivity contribution in [3.8, 4) is 0 Å². The zero-order valence-corrected chi connectivity index (χ0v) is 12.3. The van der Waals surface area contributed by atoms with Crippen molar-refractivity contribution >= 4 is 27.5 Å². The molecule has 0 aliphatic carbocycles. The Hall–Kier alpha value is -1.68. The minimum Gasteiger partial charge on any atom is -0.325 e. The largest absolute Gasteiger partial charge is 0.325 e. The number of nitrogens with one attached hydrogen (secondary N) is 1. The van der Waals surface area contributed by atoms with Gasteiger partial charge < -0.3 is 5.32 Å². The number of anilines is 1. The lowest BCUT2D eigenvalue weighted by Crippen LogP contribution is -2.12. The molecule has 0 radical (unpaired) electrons. The molecule has 1 aromatic heterocycles. The van der Waals surface area contributed by atoms with Crippen LogP contribution in [-0.4, -0.2) is 10.9 Å². The van der Waals surface area contributed by atoms with E-state index in [0.29, 0.717) is 12.8 Å². The van der Waals surface area contributed by atoms with E-state index in [1.807, 2.05) is 37.3 Å². The summed E-state index contributed by atoms with van der Waals surface area (Å²) in [5.74, 6) is 0.00778. The number of aromatic nitrogens is 1. The number of aryl methyl sites for hydroxylation is 2. The highest BCUT2D eigenvalue weighted by Gasteiger charge is 2.06. The van der Waals surface area contributed by atoms with Gasteiger partial charge in [-0.15, -0.1) is 0 Å². The van der Waals surface area contributed by atoms with Gasteiger partial charge in [-0.1, -0.05) is 12.1 Å². The Balaban J connectivity index is 1.91. The second-order valence-electron chi connectivity index (χ2n) is 4.39. The zero-order chi connectivity index (χ0) is 13.7. The molecule has 1 amide bonds. The molecule has 0 saturated heterocycles. The van der Waals surface area contributed by atoms with Crippen LogP contribution in [0.2, 0.25) is 0 Å². The van der Waals surface area contributed by atoms with Crippen molar-refractivity contribution in [2.45, 2.75) is 19.8 Å². The van der Waals surface area contributed by atoms with Gasteiger partial charge in [0.15, 0.2) is 0 Å². The van der Waals surface area contributed by atoms with E-state index in [9.17, 15) is 4.79 Å². The first-order chi connectivity index (χ1) is 9.15. The Labute approximate surface area is 121 Å². The number of hydrogen-bond donors (Lipinski definition) is 1. The molecular weight excluding hydrogens is 304 g/mol. The number of hydrogen-bond acceptors (Lipinski definition) is 2. The van der Waals surface area contributed by atoms with Crippen molar-refractivity contribution in [2.24, 2.45) is 0 Å². The van der Waals surface area contributed by atoms with Gasteiger partial charge in [0.2, 0.25) is 5.91 Å². The van der Waals surface area contributed by atoms with Crippen molar-refractivity contribution < 1.29 is 4.79 Å². The first-order valence-electron chi connectivity index (χ1n) is 6.10. The molecule has 0 spiro atoms. The molecule has 1 aromatic carbocycles. The number of benzene rings is 1. The van der Waals surface area contributed by atoms with Crippen LogP contribution in [0.1, 0.15) is 17.5 Å². The van der Waals surface area contributed by atoms with Crippen LogP contribution in [0.5, 0.6) is 0 Å². The van der Waals surface area contributed by atoms with E-state index in [1.54, 1.807) is 12.4 Å². The van der Waals surface area contributed by atoms with Crippen LogP contribution < -0.4 is 5.32 Å². The van der Waals surface area contributed by atoms with E-state index < -0.39 is 0 Å².